The lowest BCUT2D eigenvalue weighted by Gasteiger charge is -2.24. The zero-order valence-electron chi connectivity index (χ0n) is 11.5. The third-order valence-corrected chi connectivity index (χ3v) is 3.98. The Morgan fingerprint density at radius 1 is 1.42 bits per heavy atom. The van der Waals surface area contributed by atoms with Gasteiger partial charge in [0.15, 0.2) is 0 Å². The number of rotatable bonds is 4. The molecule has 0 aromatic heterocycles. The summed E-state index contributed by atoms with van der Waals surface area (Å²) in [6.45, 7) is 4.79. The van der Waals surface area contributed by atoms with Crippen molar-refractivity contribution in [3.05, 3.63) is 35.4 Å². The molecular formula is C15H22F2N2. The van der Waals surface area contributed by atoms with Gasteiger partial charge in [-0.1, -0.05) is 19.9 Å². The van der Waals surface area contributed by atoms with Crippen LogP contribution in [0.25, 0.3) is 0 Å². The number of hydrogen-bond acceptors (Lipinski definition) is 2. The van der Waals surface area contributed by atoms with E-state index in [9.17, 15) is 8.78 Å². The van der Waals surface area contributed by atoms with Gasteiger partial charge >= 0.3 is 0 Å². The summed E-state index contributed by atoms with van der Waals surface area (Å²) in [6, 6.07) is 3.78. The molecule has 19 heavy (non-hydrogen) atoms. The van der Waals surface area contributed by atoms with E-state index in [1.165, 1.54) is 12.1 Å². The molecule has 1 aliphatic carbocycles. The molecule has 3 N–H and O–H groups in total. The molecule has 106 valence electrons. The third-order valence-electron chi connectivity index (χ3n) is 3.98. The van der Waals surface area contributed by atoms with Gasteiger partial charge in [0, 0.05) is 30.3 Å². The highest BCUT2D eigenvalue weighted by molar-refractivity contribution is 5.22. The van der Waals surface area contributed by atoms with Crippen molar-refractivity contribution < 1.29 is 8.78 Å². The number of nitrogens with two attached hydrogens (primary N) is 1. The van der Waals surface area contributed by atoms with E-state index in [2.05, 4.69) is 19.2 Å². The van der Waals surface area contributed by atoms with Crippen LogP contribution in [0.2, 0.25) is 0 Å². The second kappa shape index (κ2) is 5.55. The normalized spacial score (nSPS) is 23.5. The van der Waals surface area contributed by atoms with E-state index >= 15 is 0 Å². The van der Waals surface area contributed by atoms with Gasteiger partial charge in [0.2, 0.25) is 0 Å². The predicted molar refractivity (Wildman–Crippen MR) is 72.7 cm³/mol. The van der Waals surface area contributed by atoms with Crippen LogP contribution in [0, 0.1) is 17.0 Å². The van der Waals surface area contributed by atoms with Gasteiger partial charge in [-0.15, -0.1) is 0 Å². The fourth-order valence-corrected chi connectivity index (χ4v) is 2.93. The Labute approximate surface area is 113 Å². The highest BCUT2D eigenvalue weighted by Crippen LogP contribution is 2.37. The van der Waals surface area contributed by atoms with Crippen LogP contribution in [0.15, 0.2) is 18.2 Å². The third kappa shape index (κ3) is 3.51. The zero-order valence-corrected chi connectivity index (χ0v) is 11.5. The summed E-state index contributed by atoms with van der Waals surface area (Å²) < 4.78 is 26.7. The Morgan fingerprint density at radius 2 is 2.16 bits per heavy atom. The number of benzene rings is 1. The summed E-state index contributed by atoms with van der Waals surface area (Å²) in [4.78, 5) is 0. The maximum Gasteiger partial charge on any atom is 0.130 e. The first-order chi connectivity index (χ1) is 8.91. The summed E-state index contributed by atoms with van der Waals surface area (Å²) in [5.41, 5.74) is 6.52. The largest absolute Gasteiger partial charge is 0.329 e. The second-order valence-electron chi connectivity index (χ2n) is 6.22. The summed E-state index contributed by atoms with van der Waals surface area (Å²) in [6.07, 6.45) is 3.30. The standard InChI is InChI=1S/C15H22F2N2/c1-15(2)6-5-11(8-15)19-14(9-18)12-4-3-10(16)7-13(12)17/h3-4,7,11,14,19H,5-6,8-9,18H2,1-2H3. The molecule has 2 nitrogen and oxygen atoms in total. The molecule has 0 radical (unpaired) electrons. The number of hydrogen-bond donors (Lipinski definition) is 2. The van der Waals surface area contributed by atoms with Crippen LogP contribution in [0.3, 0.4) is 0 Å². The molecule has 1 aromatic carbocycles. The second-order valence-corrected chi connectivity index (χ2v) is 6.22. The van der Waals surface area contributed by atoms with E-state index in [-0.39, 0.29) is 6.04 Å². The minimum absolute atomic E-state index is 0.250. The number of nitrogens with one attached hydrogen (secondary N) is 1. The Hall–Kier alpha value is -1.00. The fourth-order valence-electron chi connectivity index (χ4n) is 2.93. The van der Waals surface area contributed by atoms with Crippen molar-refractivity contribution in [2.75, 3.05) is 6.54 Å². The smallest absolute Gasteiger partial charge is 0.130 e. The first-order valence-electron chi connectivity index (χ1n) is 6.82. The van der Waals surface area contributed by atoms with Crippen molar-refractivity contribution in [1.29, 1.82) is 0 Å². The summed E-state index contributed by atoms with van der Waals surface area (Å²) in [5.74, 6) is -1.08. The van der Waals surface area contributed by atoms with Crippen LogP contribution in [0.1, 0.15) is 44.7 Å². The lowest BCUT2D eigenvalue weighted by atomic mass is 9.91. The molecule has 0 bridgehead atoms. The molecule has 2 rings (SSSR count). The lowest BCUT2D eigenvalue weighted by molar-refractivity contribution is 0.351. The SMILES string of the molecule is CC1(C)CCC(NC(CN)c2ccc(F)cc2F)C1. The molecule has 4 heteroatoms. The fraction of sp³-hybridized carbons (Fsp3) is 0.600. The first-order valence-corrected chi connectivity index (χ1v) is 6.82. The van der Waals surface area contributed by atoms with Crippen LogP contribution >= 0.6 is 0 Å². The quantitative estimate of drug-likeness (QED) is 0.880. The van der Waals surface area contributed by atoms with Gasteiger partial charge in [-0.2, -0.15) is 0 Å². The van der Waals surface area contributed by atoms with Crippen molar-refractivity contribution in [2.24, 2.45) is 11.1 Å². The van der Waals surface area contributed by atoms with Crippen LogP contribution < -0.4 is 11.1 Å². The molecule has 0 heterocycles. The van der Waals surface area contributed by atoms with Crippen molar-refractivity contribution >= 4 is 0 Å². The maximum atomic E-state index is 13.8. The topological polar surface area (TPSA) is 38.0 Å². The highest BCUT2D eigenvalue weighted by atomic mass is 19.1. The van der Waals surface area contributed by atoms with Crippen LogP contribution in [-0.2, 0) is 0 Å². The first kappa shape index (κ1) is 14.4. The molecule has 1 aliphatic rings. The average Bonchev–Trinajstić information content (AvgIpc) is 2.66. The molecule has 1 fully saturated rings. The minimum atomic E-state index is -0.556. The van der Waals surface area contributed by atoms with Crippen molar-refractivity contribution in [2.45, 2.75) is 45.2 Å². The molecule has 2 unspecified atom stereocenters. The van der Waals surface area contributed by atoms with Gasteiger partial charge in [0.25, 0.3) is 0 Å². The van der Waals surface area contributed by atoms with Gasteiger partial charge in [0.1, 0.15) is 11.6 Å². The van der Waals surface area contributed by atoms with E-state index in [4.69, 9.17) is 5.73 Å². The minimum Gasteiger partial charge on any atom is -0.329 e. The van der Waals surface area contributed by atoms with Crippen LogP contribution in [0.5, 0.6) is 0 Å². The molecule has 2 atom stereocenters. The molecular weight excluding hydrogens is 246 g/mol. The summed E-state index contributed by atoms with van der Waals surface area (Å²) in [7, 11) is 0. The average molecular weight is 268 g/mol. The van der Waals surface area contributed by atoms with E-state index < -0.39 is 11.6 Å². The van der Waals surface area contributed by atoms with Gasteiger partial charge in [-0.05, 0) is 30.7 Å². The van der Waals surface area contributed by atoms with Gasteiger partial charge in [-0.25, -0.2) is 8.78 Å². The van der Waals surface area contributed by atoms with Gasteiger partial charge in [0.05, 0.1) is 0 Å². The molecule has 0 saturated heterocycles. The Kier molecular flexibility index (Phi) is 4.21. The predicted octanol–water partition coefficient (Wildman–Crippen LogP) is 3.13. The van der Waals surface area contributed by atoms with E-state index in [1.807, 2.05) is 0 Å². The van der Waals surface area contributed by atoms with E-state index in [1.54, 1.807) is 0 Å². The monoisotopic (exact) mass is 268 g/mol. The molecule has 1 saturated carbocycles. The maximum absolute atomic E-state index is 13.8. The van der Waals surface area contributed by atoms with Crippen molar-refractivity contribution in [1.82, 2.24) is 5.32 Å². The van der Waals surface area contributed by atoms with E-state index in [0.29, 0.717) is 23.6 Å². The van der Waals surface area contributed by atoms with E-state index in [0.717, 1.165) is 25.3 Å². The Bertz CT molecular complexity index is 446. The van der Waals surface area contributed by atoms with Crippen molar-refractivity contribution in [3.8, 4) is 0 Å². The molecule has 0 aliphatic heterocycles. The lowest BCUT2D eigenvalue weighted by Crippen LogP contribution is -2.36. The Balaban J connectivity index is 2.08. The summed E-state index contributed by atoms with van der Waals surface area (Å²) >= 11 is 0. The highest BCUT2D eigenvalue weighted by Gasteiger charge is 2.32. The van der Waals surface area contributed by atoms with Gasteiger partial charge in [-0.3, -0.25) is 0 Å². The molecule has 0 amide bonds. The zero-order chi connectivity index (χ0) is 14.0. The van der Waals surface area contributed by atoms with Crippen LogP contribution in [0.4, 0.5) is 8.78 Å². The molecule has 0 spiro atoms. The van der Waals surface area contributed by atoms with Crippen molar-refractivity contribution in [3.63, 3.8) is 0 Å². The van der Waals surface area contributed by atoms with Crippen LogP contribution in [-0.4, -0.2) is 12.6 Å². The number of halogens is 2. The summed E-state index contributed by atoms with van der Waals surface area (Å²) in [5, 5.41) is 3.41. The van der Waals surface area contributed by atoms with Gasteiger partial charge < -0.3 is 11.1 Å². The Morgan fingerprint density at radius 3 is 2.68 bits per heavy atom. The molecule has 1 aromatic rings.